The van der Waals surface area contributed by atoms with Gasteiger partial charge in [0.25, 0.3) is 5.91 Å². The van der Waals surface area contributed by atoms with E-state index in [1.165, 1.54) is 0 Å². The van der Waals surface area contributed by atoms with E-state index in [0.717, 1.165) is 6.07 Å². The van der Waals surface area contributed by atoms with E-state index < -0.39 is 11.7 Å². The predicted molar refractivity (Wildman–Crippen MR) is 90.8 cm³/mol. The molecule has 126 valence electrons. The largest absolute Gasteiger partial charge is 0.364 e. The molecule has 0 saturated carbocycles. The number of pyridine rings is 1. The molecule has 0 atom stereocenters. The minimum absolute atomic E-state index is 0.00713. The van der Waals surface area contributed by atoms with Crippen LogP contribution < -0.4 is 11.1 Å². The third-order valence-corrected chi connectivity index (χ3v) is 3.88. The van der Waals surface area contributed by atoms with Gasteiger partial charge in [-0.2, -0.15) is 5.26 Å². The number of primary amides is 1. The number of aromatic nitrogens is 3. The van der Waals surface area contributed by atoms with Crippen molar-refractivity contribution in [1.29, 1.82) is 5.26 Å². The zero-order valence-corrected chi connectivity index (χ0v) is 13.7. The summed E-state index contributed by atoms with van der Waals surface area (Å²) in [4.78, 5) is 20.0. The van der Waals surface area contributed by atoms with E-state index in [1.54, 1.807) is 30.1 Å². The van der Waals surface area contributed by atoms with Crippen molar-refractivity contribution in [1.82, 2.24) is 14.5 Å². The molecule has 1 aromatic carbocycles. The van der Waals surface area contributed by atoms with Crippen LogP contribution in [-0.4, -0.2) is 20.4 Å². The summed E-state index contributed by atoms with van der Waals surface area (Å²) >= 11 is 0. The average Bonchev–Trinajstić information content (AvgIpc) is 2.96. The highest BCUT2D eigenvalue weighted by Crippen LogP contribution is 2.27. The average molecular weight is 338 g/mol. The number of carbonyl (C=O) groups is 1. The van der Waals surface area contributed by atoms with Gasteiger partial charge in [0.2, 0.25) is 0 Å². The van der Waals surface area contributed by atoms with Gasteiger partial charge in [-0.3, -0.25) is 4.79 Å². The molecule has 0 aliphatic carbocycles. The quantitative estimate of drug-likeness (QED) is 0.759. The molecular formula is C17H15FN6O. The first-order chi connectivity index (χ1) is 11.9. The lowest BCUT2D eigenvalue weighted by Gasteiger charge is -2.13. The van der Waals surface area contributed by atoms with Gasteiger partial charge in [-0.25, -0.2) is 14.4 Å². The van der Waals surface area contributed by atoms with E-state index in [1.807, 2.05) is 13.0 Å². The number of anilines is 2. The van der Waals surface area contributed by atoms with Crippen molar-refractivity contribution in [3.05, 3.63) is 47.2 Å². The lowest BCUT2D eigenvalue weighted by atomic mass is 10.1. The molecule has 3 aromatic rings. The Hall–Kier alpha value is -3.47. The number of imidazole rings is 1. The molecule has 2 aromatic heterocycles. The molecule has 3 rings (SSSR count). The molecule has 0 saturated heterocycles. The van der Waals surface area contributed by atoms with Crippen LogP contribution >= 0.6 is 0 Å². The normalized spacial score (nSPS) is 10.6. The summed E-state index contributed by atoms with van der Waals surface area (Å²) in [5, 5.41) is 11.9. The Morgan fingerprint density at radius 1 is 1.44 bits per heavy atom. The Kier molecular flexibility index (Phi) is 4.07. The van der Waals surface area contributed by atoms with Crippen molar-refractivity contribution in [2.24, 2.45) is 12.8 Å². The van der Waals surface area contributed by atoms with E-state index in [-0.39, 0.29) is 22.8 Å². The molecule has 0 aliphatic rings. The molecule has 0 spiro atoms. The van der Waals surface area contributed by atoms with E-state index >= 15 is 0 Å². The van der Waals surface area contributed by atoms with Crippen molar-refractivity contribution >= 4 is 28.4 Å². The Morgan fingerprint density at radius 3 is 2.84 bits per heavy atom. The number of benzene rings is 1. The number of rotatable bonds is 4. The van der Waals surface area contributed by atoms with Crippen molar-refractivity contribution in [3.63, 3.8) is 0 Å². The van der Waals surface area contributed by atoms with Gasteiger partial charge in [0.05, 0.1) is 29.2 Å². The molecule has 8 heteroatoms. The minimum Gasteiger partial charge on any atom is -0.364 e. The molecule has 2 heterocycles. The number of fused-ring (bicyclic) bond motifs is 1. The van der Waals surface area contributed by atoms with E-state index in [0.29, 0.717) is 23.0 Å². The molecule has 3 N–H and O–H groups in total. The lowest BCUT2D eigenvalue weighted by molar-refractivity contribution is 0.0997. The molecule has 0 aliphatic heterocycles. The van der Waals surface area contributed by atoms with E-state index in [4.69, 9.17) is 11.0 Å². The number of carbonyl (C=O) groups excluding carboxylic acids is 1. The maximum Gasteiger partial charge on any atom is 0.269 e. The minimum atomic E-state index is -0.719. The smallest absolute Gasteiger partial charge is 0.269 e. The Labute approximate surface area is 142 Å². The van der Waals surface area contributed by atoms with Crippen LogP contribution in [0, 0.1) is 17.1 Å². The summed E-state index contributed by atoms with van der Waals surface area (Å²) in [5.41, 5.74) is 7.50. The summed E-state index contributed by atoms with van der Waals surface area (Å²) in [7, 11) is 1.77. The van der Waals surface area contributed by atoms with E-state index in [9.17, 15) is 9.18 Å². The summed E-state index contributed by atoms with van der Waals surface area (Å²) in [6.07, 6.45) is 2.06. The first kappa shape index (κ1) is 16.4. The van der Waals surface area contributed by atoms with Crippen LogP contribution in [0.25, 0.3) is 11.0 Å². The van der Waals surface area contributed by atoms with Gasteiger partial charge >= 0.3 is 0 Å². The van der Waals surface area contributed by atoms with Gasteiger partial charge in [0.1, 0.15) is 17.2 Å². The SMILES string of the molecule is CCc1cc(C#N)cc(F)c1Nc1cc2c(ncn2C)c(C(N)=O)n1. The number of hydrogen-bond donors (Lipinski definition) is 2. The van der Waals surface area contributed by atoms with Crippen LogP contribution in [0.2, 0.25) is 0 Å². The fourth-order valence-electron chi connectivity index (χ4n) is 2.64. The second-order valence-electron chi connectivity index (χ2n) is 5.53. The van der Waals surface area contributed by atoms with Crippen molar-refractivity contribution in [3.8, 4) is 6.07 Å². The molecule has 1 amide bonds. The fourth-order valence-corrected chi connectivity index (χ4v) is 2.64. The van der Waals surface area contributed by atoms with Crippen LogP contribution in [-0.2, 0) is 13.5 Å². The zero-order valence-electron chi connectivity index (χ0n) is 13.7. The highest BCUT2D eigenvalue weighted by molar-refractivity contribution is 6.03. The second kappa shape index (κ2) is 6.20. The Bertz CT molecular complexity index is 1030. The maximum absolute atomic E-state index is 14.4. The van der Waals surface area contributed by atoms with Gasteiger partial charge in [0.15, 0.2) is 5.69 Å². The van der Waals surface area contributed by atoms with Gasteiger partial charge in [-0.05, 0) is 24.1 Å². The molecule has 25 heavy (non-hydrogen) atoms. The van der Waals surface area contributed by atoms with Gasteiger partial charge in [-0.1, -0.05) is 6.92 Å². The first-order valence-electron chi connectivity index (χ1n) is 7.56. The van der Waals surface area contributed by atoms with Crippen LogP contribution in [0.3, 0.4) is 0 Å². The number of nitriles is 1. The number of halogens is 1. The molecule has 0 bridgehead atoms. The van der Waals surface area contributed by atoms with Gasteiger partial charge in [0, 0.05) is 13.1 Å². The van der Waals surface area contributed by atoms with Crippen LogP contribution in [0.15, 0.2) is 24.5 Å². The topological polar surface area (TPSA) is 110 Å². The number of hydrogen-bond acceptors (Lipinski definition) is 5. The first-order valence-corrected chi connectivity index (χ1v) is 7.56. The molecule has 0 fully saturated rings. The van der Waals surface area contributed by atoms with Crippen molar-refractivity contribution in [2.45, 2.75) is 13.3 Å². The lowest BCUT2D eigenvalue weighted by Crippen LogP contribution is -2.15. The highest BCUT2D eigenvalue weighted by atomic mass is 19.1. The summed E-state index contributed by atoms with van der Waals surface area (Å²) in [5.74, 6) is -1.02. The number of amides is 1. The number of aryl methyl sites for hydroxylation is 2. The monoisotopic (exact) mass is 338 g/mol. The number of nitrogens with zero attached hydrogens (tertiary/aromatic N) is 4. The third kappa shape index (κ3) is 2.87. The Morgan fingerprint density at radius 2 is 2.20 bits per heavy atom. The van der Waals surface area contributed by atoms with Gasteiger partial charge < -0.3 is 15.6 Å². The van der Waals surface area contributed by atoms with Gasteiger partial charge in [-0.15, -0.1) is 0 Å². The van der Waals surface area contributed by atoms with Crippen molar-refractivity contribution < 1.29 is 9.18 Å². The van der Waals surface area contributed by atoms with Crippen LogP contribution in [0.4, 0.5) is 15.9 Å². The molecule has 7 nitrogen and oxygen atoms in total. The highest BCUT2D eigenvalue weighted by Gasteiger charge is 2.17. The molecule has 0 unspecified atom stereocenters. The van der Waals surface area contributed by atoms with E-state index in [2.05, 4.69) is 15.3 Å². The summed E-state index contributed by atoms with van der Waals surface area (Å²) in [6, 6.07) is 6.35. The zero-order chi connectivity index (χ0) is 18.1. The van der Waals surface area contributed by atoms with Crippen LogP contribution in [0.5, 0.6) is 0 Å². The fraction of sp³-hybridized carbons (Fsp3) is 0.176. The summed E-state index contributed by atoms with van der Waals surface area (Å²) < 4.78 is 16.1. The second-order valence-corrected chi connectivity index (χ2v) is 5.53. The number of nitrogens with one attached hydrogen (secondary N) is 1. The standard InChI is InChI=1S/C17H15FN6O/c1-3-10-4-9(7-19)5-11(18)14(10)22-13-6-12-15(21-8-24(12)2)16(23-13)17(20)25/h4-6,8H,3H2,1-2H3,(H2,20,25)(H,22,23). The maximum atomic E-state index is 14.4. The Balaban J connectivity index is 2.14. The van der Waals surface area contributed by atoms with Crippen LogP contribution in [0.1, 0.15) is 28.5 Å². The predicted octanol–water partition coefficient (Wildman–Crippen LogP) is 2.38. The molecular weight excluding hydrogens is 323 g/mol. The third-order valence-electron chi connectivity index (χ3n) is 3.88. The summed E-state index contributed by atoms with van der Waals surface area (Å²) in [6.45, 7) is 1.85. The van der Waals surface area contributed by atoms with Crippen molar-refractivity contribution in [2.75, 3.05) is 5.32 Å². The molecule has 0 radical (unpaired) electrons. The number of nitrogens with two attached hydrogens (primary N) is 1.